The fraction of sp³-hybridized carbons (Fsp3) is 0.125. The van der Waals surface area contributed by atoms with Gasteiger partial charge in [-0.2, -0.15) is 0 Å². The molecule has 0 spiro atoms. The standard InChI is InChI=1S/C16H13ClFN3O2S3/c17-11-1-7-14(8-2-11)26(22,23)10-9-24-16-21-20-15(25-16)19-13-5-3-12(18)4-6-13/h1-8H,9-10H2,(H,19,20). The first-order chi connectivity index (χ1) is 12.4. The highest BCUT2D eigenvalue weighted by Crippen LogP contribution is 2.28. The molecule has 136 valence electrons. The number of nitrogens with one attached hydrogen (secondary N) is 1. The Morgan fingerprint density at radius 2 is 1.77 bits per heavy atom. The lowest BCUT2D eigenvalue weighted by Crippen LogP contribution is -2.08. The fourth-order valence-electron chi connectivity index (χ4n) is 1.97. The van der Waals surface area contributed by atoms with E-state index in [2.05, 4.69) is 15.5 Å². The lowest BCUT2D eigenvalue weighted by atomic mass is 10.3. The normalized spacial score (nSPS) is 11.5. The first-order valence-corrected chi connectivity index (χ1v) is 11.2. The summed E-state index contributed by atoms with van der Waals surface area (Å²) in [5.74, 6) is 0.0291. The molecule has 0 fully saturated rings. The minimum Gasteiger partial charge on any atom is -0.330 e. The summed E-state index contributed by atoms with van der Waals surface area (Å²) in [7, 11) is -3.37. The second-order valence-electron chi connectivity index (χ2n) is 5.13. The molecule has 5 nitrogen and oxygen atoms in total. The predicted molar refractivity (Wildman–Crippen MR) is 104 cm³/mol. The highest BCUT2D eigenvalue weighted by Gasteiger charge is 2.15. The van der Waals surface area contributed by atoms with Crippen molar-refractivity contribution in [2.24, 2.45) is 0 Å². The average molecular weight is 430 g/mol. The van der Waals surface area contributed by atoms with Crippen molar-refractivity contribution in [3.05, 3.63) is 59.4 Å². The second kappa shape index (κ2) is 8.34. The van der Waals surface area contributed by atoms with E-state index in [4.69, 9.17) is 11.6 Å². The van der Waals surface area contributed by atoms with Gasteiger partial charge in [-0.1, -0.05) is 34.7 Å². The fourth-order valence-corrected chi connectivity index (χ4v) is 5.59. The van der Waals surface area contributed by atoms with Gasteiger partial charge in [0, 0.05) is 16.5 Å². The Labute approximate surface area is 163 Å². The summed E-state index contributed by atoms with van der Waals surface area (Å²) in [6.45, 7) is 0. The number of benzene rings is 2. The second-order valence-corrected chi connectivity index (χ2v) is 9.99. The van der Waals surface area contributed by atoms with Gasteiger partial charge in [-0.05, 0) is 48.5 Å². The van der Waals surface area contributed by atoms with Crippen molar-refractivity contribution in [2.45, 2.75) is 9.24 Å². The van der Waals surface area contributed by atoms with Gasteiger partial charge in [0.05, 0.1) is 10.6 Å². The van der Waals surface area contributed by atoms with Gasteiger partial charge in [-0.3, -0.25) is 0 Å². The number of hydrogen-bond donors (Lipinski definition) is 1. The molecule has 0 bridgehead atoms. The topological polar surface area (TPSA) is 72.0 Å². The maximum atomic E-state index is 12.9. The number of nitrogens with zero attached hydrogens (tertiary/aromatic N) is 2. The van der Waals surface area contributed by atoms with E-state index in [1.54, 1.807) is 24.3 Å². The van der Waals surface area contributed by atoms with E-state index in [0.29, 0.717) is 25.9 Å². The van der Waals surface area contributed by atoms with Crippen LogP contribution in [0.1, 0.15) is 0 Å². The van der Waals surface area contributed by atoms with E-state index in [0.717, 1.165) is 0 Å². The number of anilines is 2. The Morgan fingerprint density at radius 3 is 2.46 bits per heavy atom. The molecule has 0 unspecified atom stereocenters. The van der Waals surface area contributed by atoms with Crippen molar-refractivity contribution < 1.29 is 12.8 Å². The van der Waals surface area contributed by atoms with Gasteiger partial charge < -0.3 is 5.32 Å². The Bertz CT molecular complexity index is 977. The number of rotatable bonds is 7. The Kier molecular flexibility index (Phi) is 6.13. The van der Waals surface area contributed by atoms with Crippen LogP contribution < -0.4 is 5.32 Å². The summed E-state index contributed by atoms with van der Waals surface area (Å²) in [4.78, 5) is 0.249. The zero-order chi connectivity index (χ0) is 18.6. The molecule has 1 heterocycles. The highest BCUT2D eigenvalue weighted by atomic mass is 35.5. The Hall–Kier alpha value is -1.68. The van der Waals surface area contributed by atoms with Gasteiger partial charge in [0.25, 0.3) is 0 Å². The highest BCUT2D eigenvalue weighted by molar-refractivity contribution is 8.02. The van der Waals surface area contributed by atoms with E-state index in [1.165, 1.54) is 47.4 Å². The molecule has 1 aromatic heterocycles. The molecular formula is C16H13ClFN3O2S3. The van der Waals surface area contributed by atoms with Gasteiger partial charge in [-0.15, -0.1) is 10.2 Å². The Morgan fingerprint density at radius 1 is 1.08 bits per heavy atom. The largest absolute Gasteiger partial charge is 0.330 e. The summed E-state index contributed by atoms with van der Waals surface area (Å²) < 4.78 is 38.1. The predicted octanol–water partition coefficient (Wildman–Crippen LogP) is 4.64. The minimum atomic E-state index is -3.37. The van der Waals surface area contributed by atoms with Crippen LogP contribution >= 0.6 is 34.7 Å². The lowest BCUT2D eigenvalue weighted by molar-refractivity contribution is 0.597. The molecule has 0 saturated carbocycles. The third-order valence-electron chi connectivity index (χ3n) is 3.25. The number of sulfone groups is 1. The smallest absolute Gasteiger partial charge is 0.210 e. The van der Waals surface area contributed by atoms with Gasteiger partial charge in [0.2, 0.25) is 5.13 Å². The Balaban J connectivity index is 1.54. The first kappa shape index (κ1) is 19.1. The molecule has 0 aliphatic carbocycles. The van der Waals surface area contributed by atoms with E-state index in [-0.39, 0.29) is 16.5 Å². The summed E-state index contributed by atoms with van der Waals surface area (Å²) in [5.41, 5.74) is 0.699. The van der Waals surface area contributed by atoms with Crippen LogP contribution in [0.5, 0.6) is 0 Å². The summed E-state index contributed by atoms with van der Waals surface area (Å²) in [5, 5.41) is 12.1. The molecule has 2 aromatic carbocycles. The summed E-state index contributed by atoms with van der Waals surface area (Å²) in [6.07, 6.45) is 0. The van der Waals surface area contributed by atoms with Crippen LogP contribution in [0, 0.1) is 5.82 Å². The molecular weight excluding hydrogens is 417 g/mol. The van der Waals surface area contributed by atoms with E-state index < -0.39 is 9.84 Å². The quantitative estimate of drug-likeness (QED) is 0.551. The van der Waals surface area contributed by atoms with Crippen molar-refractivity contribution in [1.29, 1.82) is 0 Å². The third-order valence-corrected chi connectivity index (χ3v) is 7.47. The molecule has 0 aliphatic heterocycles. The van der Waals surface area contributed by atoms with Crippen LogP contribution in [-0.2, 0) is 9.84 Å². The van der Waals surface area contributed by atoms with Crippen LogP contribution in [0.2, 0.25) is 5.02 Å². The minimum absolute atomic E-state index is 0.0143. The van der Waals surface area contributed by atoms with Gasteiger partial charge >= 0.3 is 0 Å². The van der Waals surface area contributed by atoms with E-state index >= 15 is 0 Å². The lowest BCUT2D eigenvalue weighted by Gasteiger charge is -2.03. The molecule has 3 rings (SSSR count). The van der Waals surface area contributed by atoms with Gasteiger partial charge in [0.15, 0.2) is 14.2 Å². The maximum absolute atomic E-state index is 12.9. The number of halogens is 2. The van der Waals surface area contributed by atoms with Crippen LogP contribution in [0.15, 0.2) is 57.8 Å². The van der Waals surface area contributed by atoms with Crippen LogP contribution in [0.25, 0.3) is 0 Å². The van der Waals surface area contributed by atoms with Gasteiger partial charge in [0.1, 0.15) is 5.82 Å². The van der Waals surface area contributed by atoms with Crippen molar-refractivity contribution in [2.75, 3.05) is 16.8 Å². The molecule has 26 heavy (non-hydrogen) atoms. The van der Waals surface area contributed by atoms with Crippen LogP contribution in [0.3, 0.4) is 0 Å². The molecule has 3 aromatic rings. The average Bonchev–Trinajstić information content (AvgIpc) is 3.04. The van der Waals surface area contributed by atoms with Crippen molar-refractivity contribution >= 4 is 55.4 Å². The number of thioether (sulfide) groups is 1. The van der Waals surface area contributed by atoms with Crippen LogP contribution in [0.4, 0.5) is 15.2 Å². The monoisotopic (exact) mass is 429 g/mol. The summed E-state index contributed by atoms with van der Waals surface area (Å²) in [6, 6.07) is 12.0. The first-order valence-electron chi connectivity index (χ1n) is 7.40. The van der Waals surface area contributed by atoms with Crippen LogP contribution in [-0.4, -0.2) is 30.1 Å². The molecule has 0 radical (unpaired) electrons. The van der Waals surface area contributed by atoms with Crippen molar-refractivity contribution in [3.8, 4) is 0 Å². The van der Waals surface area contributed by atoms with Crippen molar-refractivity contribution in [3.63, 3.8) is 0 Å². The van der Waals surface area contributed by atoms with Crippen molar-refractivity contribution in [1.82, 2.24) is 10.2 Å². The SMILES string of the molecule is O=S(=O)(CCSc1nnc(Nc2ccc(F)cc2)s1)c1ccc(Cl)cc1. The van der Waals surface area contributed by atoms with Gasteiger partial charge in [-0.25, -0.2) is 12.8 Å². The zero-order valence-corrected chi connectivity index (χ0v) is 16.4. The number of hydrogen-bond acceptors (Lipinski definition) is 7. The molecule has 1 N–H and O–H groups in total. The molecule has 0 aliphatic rings. The van der Waals surface area contributed by atoms with E-state index in [9.17, 15) is 12.8 Å². The number of aromatic nitrogens is 2. The molecule has 0 saturated heterocycles. The third kappa shape index (κ3) is 5.16. The molecule has 0 atom stereocenters. The maximum Gasteiger partial charge on any atom is 0.210 e. The zero-order valence-electron chi connectivity index (χ0n) is 13.2. The summed E-state index contributed by atoms with van der Waals surface area (Å²) >= 11 is 8.40. The molecule has 0 amide bonds. The van der Waals surface area contributed by atoms with E-state index in [1.807, 2.05) is 0 Å². The molecule has 10 heteroatoms.